The van der Waals surface area contributed by atoms with Crippen LogP contribution in [0.25, 0.3) is 12.2 Å². The van der Waals surface area contributed by atoms with Crippen molar-refractivity contribution in [3.63, 3.8) is 0 Å². The average molecular weight is 257 g/mol. The maximum atomic E-state index is 11.8. The molecule has 0 bridgehead atoms. The number of aromatic nitrogens is 1. The lowest BCUT2D eigenvalue weighted by Crippen LogP contribution is -1.94. The van der Waals surface area contributed by atoms with Crippen molar-refractivity contribution in [2.45, 2.75) is 6.92 Å². The molecule has 0 unspecified atom stereocenters. The molecule has 2 aromatic rings. The highest BCUT2D eigenvalue weighted by Crippen LogP contribution is 2.13. The molecule has 2 nitrogen and oxygen atoms in total. The Labute approximate surface area is 111 Å². The molecule has 0 aromatic carbocycles. The fourth-order valence-corrected chi connectivity index (χ4v) is 2.36. The zero-order chi connectivity index (χ0) is 13.0. The van der Waals surface area contributed by atoms with Crippen LogP contribution in [0, 0.1) is 0 Å². The normalized spacial score (nSPS) is 11.7. The van der Waals surface area contributed by atoms with E-state index in [0.717, 1.165) is 16.3 Å². The summed E-state index contributed by atoms with van der Waals surface area (Å²) in [7, 11) is 1.99. The van der Waals surface area contributed by atoms with E-state index in [0.29, 0.717) is 0 Å². The van der Waals surface area contributed by atoms with E-state index < -0.39 is 0 Å². The number of ketones is 1. The van der Waals surface area contributed by atoms with Crippen LogP contribution in [0.3, 0.4) is 0 Å². The van der Waals surface area contributed by atoms with Gasteiger partial charge < -0.3 is 4.57 Å². The first-order valence-electron chi connectivity index (χ1n) is 5.76. The molecule has 92 valence electrons. The summed E-state index contributed by atoms with van der Waals surface area (Å²) in [6.45, 7) is 1.99. The molecule has 3 heteroatoms. The largest absolute Gasteiger partial charge is 0.345 e. The molecule has 0 N–H and O–H groups in total. The van der Waals surface area contributed by atoms with Crippen molar-refractivity contribution in [2.24, 2.45) is 7.05 Å². The molecule has 0 atom stereocenters. The lowest BCUT2D eigenvalue weighted by molar-refractivity contribution is 0.105. The van der Waals surface area contributed by atoms with E-state index in [2.05, 4.69) is 4.57 Å². The minimum absolute atomic E-state index is 0.0544. The number of carbonyl (C=O) groups is 1. The van der Waals surface area contributed by atoms with Gasteiger partial charge in [0.2, 0.25) is 0 Å². The van der Waals surface area contributed by atoms with Gasteiger partial charge in [-0.05, 0) is 48.7 Å². The first-order chi connectivity index (χ1) is 8.72. The lowest BCUT2D eigenvalue weighted by Gasteiger charge is -2.00. The third-order valence-corrected chi connectivity index (χ3v) is 3.59. The summed E-state index contributed by atoms with van der Waals surface area (Å²) in [5.41, 5.74) is 2.15. The van der Waals surface area contributed by atoms with Gasteiger partial charge in [0, 0.05) is 18.4 Å². The van der Waals surface area contributed by atoms with Gasteiger partial charge in [0.15, 0.2) is 5.78 Å². The van der Waals surface area contributed by atoms with Crippen LogP contribution >= 0.6 is 11.3 Å². The summed E-state index contributed by atoms with van der Waals surface area (Å²) < 4.78 is 2.05. The number of rotatable bonds is 4. The Kier molecular flexibility index (Phi) is 3.95. The SMILES string of the molecule is C/C=C/c1ccc(/C=C/C(=O)c2cccs2)n1C. The highest BCUT2D eigenvalue weighted by Gasteiger charge is 2.03. The van der Waals surface area contributed by atoms with E-state index in [1.165, 1.54) is 11.3 Å². The van der Waals surface area contributed by atoms with Crippen LogP contribution in [0.5, 0.6) is 0 Å². The van der Waals surface area contributed by atoms with Crippen LogP contribution in [0.2, 0.25) is 0 Å². The summed E-state index contributed by atoms with van der Waals surface area (Å²) in [6, 6.07) is 7.77. The maximum Gasteiger partial charge on any atom is 0.195 e. The van der Waals surface area contributed by atoms with Crippen LogP contribution in [0.1, 0.15) is 28.0 Å². The molecule has 0 spiro atoms. The van der Waals surface area contributed by atoms with Gasteiger partial charge in [-0.3, -0.25) is 4.79 Å². The van der Waals surface area contributed by atoms with E-state index in [4.69, 9.17) is 0 Å². The van der Waals surface area contributed by atoms with E-state index >= 15 is 0 Å². The fourth-order valence-electron chi connectivity index (χ4n) is 1.71. The molecule has 0 amide bonds. The van der Waals surface area contributed by atoms with Gasteiger partial charge in [0.25, 0.3) is 0 Å². The average Bonchev–Trinajstić information content (AvgIpc) is 2.99. The molecule has 0 saturated heterocycles. The van der Waals surface area contributed by atoms with E-state index in [-0.39, 0.29) is 5.78 Å². The Hall–Kier alpha value is -1.87. The van der Waals surface area contributed by atoms with Gasteiger partial charge in [-0.2, -0.15) is 0 Å². The van der Waals surface area contributed by atoms with Crippen molar-refractivity contribution >= 4 is 29.3 Å². The molecule has 0 fully saturated rings. The first kappa shape index (κ1) is 12.6. The summed E-state index contributed by atoms with van der Waals surface area (Å²) in [4.78, 5) is 12.6. The predicted molar refractivity (Wildman–Crippen MR) is 77.8 cm³/mol. The Bertz CT molecular complexity index is 588. The molecule has 0 aliphatic carbocycles. The Morgan fingerprint density at radius 1 is 1.22 bits per heavy atom. The summed E-state index contributed by atoms with van der Waals surface area (Å²) in [5.74, 6) is 0.0544. The third-order valence-electron chi connectivity index (χ3n) is 2.71. The number of carbonyl (C=O) groups excluding carboxylic acids is 1. The molecule has 18 heavy (non-hydrogen) atoms. The zero-order valence-corrected chi connectivity index (χ0v) is 11.3. The number of hydrogen-bond acceptors (Lipinski definition) is 2. The van der Waals surface area contributed by atoms with Crippen molar-refractivity contribution in [1.29, 1.82) is 0 Å². The van der Waals surface area contributed by atoms with E-state index in [9.17, 15) is 4.79 Å². The number of nitrogens with zero attached hydrogens (tertiary/aromatic N) is 1. The monoisotopic (exact) mass is 257 g/mol. The standard InChI is InChI=1S/C15H15NOS/c1-3-5-12-7-8-13(16(12)2)9-10-14(17)15-6-4-11-18-15/h3-11H,1-2H3/b5-3+,10-9+. The van der Waals surface area contributed by atoms with Crippen LogP contribution in [-0.4, -0.2) is 10.4 Å². The van der Waals surface area contributed by atoms with Crippen molar-refractivity contribution in [3.05, 3.63) is 58.1 Å². The fraction of sp³-hybridized carbons (Fsp3) is 0.133. The second-order valence-electron chi connectivity index (χ2n) is 3.92. The molecule has 0 aliphatic rings. The predicted octanol–water partition coefficient (Wildman–Crippen LogP) is 4.02. The first-order valence-corrected chi connectivity index (χ1v) is 6.64. The maximum absolute atomic E-state index is 11.8. The Morgan fingerprint density at radius 2 is 1.94 bits per heavy atom. The van der Waals surface area contributed by atoms with Crippen molar-refractivity contribution < 1.29 is 4.79 Å². The van der Waals surface area contributed by atoms with Crippen LogP contribution < -0.4 is 0 Å². The lowest BCUT2D eigenvalue weighted by atomic mass is 10.2. The quantitative estimate of drug-likeness (QED) is 0.599. The number of hydrogen-bond donors (Lipinski definition) is 0. The Balaban J connectivity index is 2.17. The van der Waals surface area contributed by atoms with Gasteiger partial charge in [-0.15, -0.1) is 11.3 Å². The van der Waals surface area contributed by atoms with Gasteiger partial charge in [-0.1, -0.05) is 12.1 Å². The molecule has 2 rings (SSSR count). The van der Waals surface area contributed by atoms with Crippen molar-refractivity contribution in [1.82, 2.24) is 4.57 Å². The highest BCUT2D eigenvalue weighted by molar-refractivity contribution is 7.12. The molecular formula is C15H15NOS. The van der Waals surface area contributed by atoms with Gasteiger partial charge in [0.05, 0.1) is 4.88 Å². The minimum atomic E-state index is 0.0544. The van der Waals surface area contributed by atoms with Gasteiger partial charge >= 0.3 is 0 Å². The minimum Gasteiger partial charge on any atom is -0.345 e. The molecule has 2 heterocycles. The summed E-state index contributed by atoms with van der Waals surface area (Å²) in [5, 5.41) is 1.91. The zero-order valence-electron chi connectivity index (χ0n) is 10.5. The van der Waals surface area contributed by atoms with Crippen molar-refractivity contribution in [3.8, 4) is 0 Å². The molecule has 0 aliphatic heterocycles. The summed E-state index contributed by atoms with van der Waals surface area (Å²) >= 11 is 1.46. The third kappa shape index (κ3) is 2.68. The highest BCUT2D eigenvalue weighted by atomic mass is 32.1. The topological polar surface area (TPSA) is 22.0 Å². The molecule has 0 radical (unpaired) electrons. The number of allylic oxidation sites excluding steroid dienone is 2. The Morgan fingerprint density at radius 3 is 2.56 bits per heavy atom. The smallest absolute Gasteiger partial charge is 0.195 e. The van der Waals surface area contributed by atoms with Crippen LogP contribution in [-0.2, 0) is 7.05 Å². The van der Waals surface area contributed by atoms with E-state index in [1.807, 2.05) is 61.8 Å². The van der Waals surface area contributed by atoms with Gasteiger partial charge in [0.1, 0.15) is 0 Å². The molecule has 2 aromatic heterocycles. The van der Waals surface area contributed by atoms with Crippen LogP contribution in [0.15, 0.2) is 41.8 Å². The number of thiophene rings is 1. The van der Waals surface area contributed by atoms with Gasteiger partial charge in [-0.25, -0.2) is 0 Å². The second kappa shape index (κ2) is 5.65. The second-order valence-corrected chi connectivity index (χ2v) is 4.86. The van der Waals surface area contributed by atoms with E-state index in [1.54, 1.807) is 6.08 Å². The van der Waals surface area contributed by atoms with Crippen molar-refractivity contribution in [2.75, 3.05) is 0 Å². The van der Waals surface area contributed by atoms with Crippen LogP contribution in [0.4, 0.5) is 0 Å². The summed E-state index contributed by atoms with van der Waals surface area (Å²) in [6.07, 6.45) is 7.52. The molecule has 0 saturated carbocycles. The molecular weight excluding hydrogens is 242 g/mol.